The monoisotopic (exact) mass is 472 g/mol. The van der Waals surface area contributed by atoms with Crippen molar-refractivity contribution in [3.05, 3.63) is 88.6 Å². The molecule has 7 heteroatoms. The minimum Gasteiger partial charge on any atom is -0.495 e. The van der Waals surface area contributed by atoms with Crippen LogP contribution in [0.15, 0.2) is 66.6 Å². The smallest absolute Gasteiger partial charge is 0.250 e. The van der Waals surface area contributed by atoms with Crippen molar-refractivity contribution >= 4 is 34.5 Å². The van der Waals surface area contributed by atoms with Crippen LogP contribution < -0.4 is 4.74 Å². The Labute approximate surface area is 203 Å². The molecule has 0 spiro atoms. The van der Waals surface area contributed by atoms with Crippen molar-refractivity contribution in [1.82, 2.24) is 19.4 Å². The lowest BCUT2D eigenvalue weighted by molar-refractivity contribution is -0.129. The van der Waals surface area contributed by atoms with Gasteiger partial charge in [0.15, 0.2) is 0 Å². The first-order valence-electron chi connectivity index (χ1n) is 11.2. The Hall–Kier alpha value is -3.64. The number of nitrogens with zero attached hydrogens (tertiary/aromatic N) is 4. The second kappa shape index (κ2) is 9.31. The Balaban J connectivity index is 1.41. The van der Waals surface area contributed by atoms with Gasteiger partial charge in [-0.3, -0.25) is 4.79 Å². The van der Waals surface area contributed by atoms with E-state index < -0.39 is 0 Å². The molecule has 1 saturated heterocycles. The van der Waals surface area contributed by atoms with Crippen molar-refractivity contribution in [1.29, 1.82) is 0 Å². The molecule has 172 valence electrons. The normalized spacial score (nSPS) is 15.3. The molecule has 1 amide bonds. The molecule has 0 saturated carbocycles. The average molecular weight is 473 g/mol. The second-order valence-electron chi connectivity index (χ2n) is 8.47. The predicted molar refractivity (Wildman–Crippen MR) is 134 cm³/mol. The molecular formula is C27H25ClN4O2. The molecule has 1 aliphatic rings. The van der Waals surface area contributed by atoms with E-state index in [-0.39, 0.29) is 5.91 Å². The van der Waals surface area contributed by atoms with Crippen LogP contribution in [0.1, 0.15) is 29.7 Å². The largest absolute Gasteiger partial charge is 0.495 e. The number of methoxy groups -OCH3 is 1. The zero-order valence-corrected chi connectivity index (χ0v) is 19.9. The van der Waals surface area contributed by atoms with E-state index in [0.29, 0.717) is 18.2 Å². The molecule has 0 N–H and O–H groups in total. The van der Waals surface area contributed by atoms with Crippen molar-refractivity contribution in [2.75, 3.05) is 13.7 Å². The standard InChI is InChI=1S/C27H25ClN4O2/c1-18-15-32(17-29-18)24-10-9-19(13-25(24)34-2)12-20-6-5-11-31(27(20)33)16-21-14-26(28)30-23-8-4-3-7-22(21)23/h3-4,7-10,12-15,17H,5-6,11,16H2,1-2H3. The SMILES string of the molecule is COc1cc(C=C2CCCN(Cc3cc(Cl)nc4ccccc34)C2=O)ccc1-n1cnc(C)c1. The quantitative estimate of drug-likeness (QED) is 0.280. The first-order valence-corrected chi connectivity index (χ1v) is 11.6. The van der Waals surface area contributed by atoms with Gasteiger partial charge in [-0.05, 0) is 61.2 Å². The summed E-state index contributed by atoms with van der Waals surface area (Å²) in [5, 5.41) is 1.46. The zero-order chi connectivity index (χ0) is 23.7. The average Bonchev–Trinajstić information content (AvgIpc) is 3.27. The van der Waals surface area contributed by atoms with Crippen LogP contribution in [0.4, 0.5) is 0 Å². The Morgan fingerprint density at radius 3 is 2.82 bits per heavy atom. The summed E-state index contributed by atoms with van der Waals surface area (Å²) in [5.74, 6) is 0.779. The second-order valence-corrected chi connectivity index (χ2v) is 8.86. The fourth-order valence-corrected chi connectivity index (χ4v) is 4.68. The molecule has 5 rings (SSSR count). The third-order valence-corrected chi connectivity index (χ3v) is 6.30. The molecule has 0 radical (unpaired) electrons. The Kier molecular flexibility index (Phi) is 6.07. The molecule has 4 aromatic rings. The first kappa shape index (κ1) is 22.2. The van der Waals surface area contributed by atoms with E-state index in [1.807, 2.05) is 77.2 Å². The number of carbonyl (C=O) groups excluding carboxylic acids is 1. The molecule has 34 heavy (non-hydrogen) atoms. The molecule has 2 aromatic heterocycles. The Morgan fingerprint density at radius 2 is 2.03 bits per heavy atom. The molecule has 1 fully saturated rings. The van der Waals surface area contributed by atoms with Crippen molar-refractivity contribution < 1.29 is 9.53 Å². The summed E-state index contributed by atoms with van der Waals surface area (Å²) in [6, 6.07) is 15.7. The number of fused-ring (bicyclic) bond motifs is 1. The molecule has 1 aliphatic heterocycles. The number of rotatable bonds is 5. The minimum absolute atomic E-state index is 0.0524. The number of aromatic nitrogens is 3. The van der Waals surface area contributed by atoms with Gasteiger partial charge < -0.3 is 14.2 Å². The molecule has 0 bridgehead atoms. The number of pyridine rings is 1. The van der Waals surface area contributed by atoms with E-state index in [4.69, 9.17) is 16.3 Å². The lowest BCUT2D eigenvalue weighted by Gasteiger charge is -2.29. The van der Waals surface area contributed by atoms with Crippen LogP contribution in [0.3, 0.4) is 0 Å². The van der Waals surface area contributed by atoms with Crippen LogP contribution in [-0.4, -0.2) is 39.0 Å². The fraction of sp³-hybridized carbons (Fsp3) is 0.222. The highest BCUT2D eigenvalue weighted by Crippen LogP contribution is 2.29. The molecule has 2 aromatic carbocycles. The van der Waals surface area contributed by atoms with E-state index in [0.717, 1.165) is 57.6 Å². The Bertz CT molecular complexity index is 1410. The van der Waals surface area contributed by atoms with Gasteiger partial charge in [0.25, 0.3) is 0 Å². The van der Waals surface area contributed by atoms with E-state index in [9.17, 15) is 4.79 Å². The molecule has 0 aliphatic carbocycles. The summed E-state index contributed by atoms with van der Waals surface area (Å²) in [6.45, 7) is 3.17. The number of carbonyl (C=O) groups is 1. The maximum atomic E-state index is 13.4. The lowest BCUT2D eigenvalue weighted by Crippen LogP contribution is -2.36. The van der Waals surface area contributed by atoms with Crippen molar-refractivity contribution in [2.24, 2.45) is 0 Å². The van der Waals surface area contributed by atoms with Crippen LogP contribution in [-0.2, 0) is 11.3 Å². The van der Waals surface area contributed by atoms with E-state index in [2.05, 4.69) is 9.97 Å². The van der Waals surface area contributed by atoms with Gasteiger partial charge >= 0.3 is 0 Å². The summed E-state index contributed by atoms with van der Waals surface area (Å²) in [7, 11) is 1.65. The van der Waals surface area contributed by atoms with Crippen LogP contribution >= 0.6 is 11.6 Å². The van der Waals surface area contributed by atoms with Gasteiger partial charge in [-0.25, -0.2) is 9.97 Å². The summed E-state index contributed by atoms with van der Waals surface area (Å²) in [6.07, 6.45) is 7.35. The maximum absolute atomic E-state index is 13.4. The van der Waals surface area contributed by atoms with Crippen LogP contribution in [0.25, 0.3) is 22.7 Å². The molecular weight excluding hydrogens is 448 g/mol. The number of imidazole rings is 1. The highest BCUT2D eigenvalue weighted by molar-refractivity contribution is 6.29. The third kappa shape index (κ3) is 4.41. The number of para-hydroxylation sites is 1. The number of hydrogen-bond acceptors (Lipinski definition) is 4. The van der Waals surface area contributed by atoms with Gasteiger partial charge in [0.2, 0.25) is 5.91 Å². The number of piperidine rings is 1. The molecule has 0 atom stereocenters. The van der Waals surface area contributed by atoms with Gasteiger partial charge in [0.05, 0.1) is 30.3 Å². The van der Waals surface area contributed by atoms with Gasteiger partial charge in [0, 0.05) is 30.2 Å². The van der Waals surface area contributed by atoms with E-state index in [1.54, 1.807) is 13.4 Å². The summed E-state index contributed by atoms with van der Waals surface area (Å²) in [4.78, 5) is 24.0. The molecule has 0 unspecified atom stereocenters. The van der Waals surface area contributed by atoms with Crippen molar-refractivity contribution in [2.45, 2.75) is 26.3 Å². The summed E-state index contributed by atoms with van der Waals surface area (Å²) >= 11 is 6.26. The summed E-state index contributed by atoms with van der Waals surface area (Å²) < 4.78 is 7.56. The molecule has 3 heterocycles. The predicted octanol–water partition coefficient (Wildman–Crippen LogP) is 5.60. The van der Waals surface area contributed by atoms with Gasteiger partial charge in [-0.2, -0.15) is 0 Å². The maximum Gasteiger partial charge on any atom is 0.250 e. The van der Waals surface area contributed by atoms with E-state index >= 15 is 0 Å². The Morgan fingerprint density at radius 1 is 1.18 bits per heavy atom. The number of ether oxygens (including phenoxy) is 1. The lowest BCUT2D eigenvalue weighted by atomic mass is 9.99. The zero-order valence-electron chi connectivity index (χ0n) is 19.2. The number of hydrogen-bond donors (Lipinski definition) is 0. The van der Waals surface area contributed by atoms with Gasteiger partial charge in [-0.15, -0.1) is 0 Å². The van der Waals surface area contributed by atoms with Gasteiger partial charge in [-0.1, -0.05) is 35.9 Å². The number of halogens is 1. The van der Waals surface area contributed by atoms with Crippen LogP contribution in [0.5, 0.6) is 5.75 Å². The van der Waals surface area contributed by atoms with Gasteiger partial charge in [0.1, 0.15) is 10.9 Å². The number of aryl methyl sites for hydroxylation is 1. The van der Waals surface area contributed by atoms with Crippen LogP contribution in [0, 0.1) is 6.92 Å². The minimum atomic E-state index is 0.0524. The number of amides is 1. The van der Waals surface area contributed by atoms with Crippen LogP contribution in [0.2, 0.25) is 5.15 Å². The van der Waals surface area contributed by atoms with E-state index in [1.165, 1.54) is 0 Å². The number of likely N-dealkylation sites (tertiary alicyclic amines) is 1. The molecule has 6 nitrogen and oxygen atoms in total. The topological polar surface area (TPSA) is 60.2 Å². The highest BCUT2D eigenvalue weighted by Gasteiger charge is 2.24. The first-order chi connectivity index (χ1) is 16.5. The third-order valence-electron chi connectivity index (χ3n) is 6.10. The van der Waals surface area contributed by atoms with Crippen molar-refractivity contribution in [3.8, 4) is 11.4 Å². The van der Waals surface area contributed by atoms with Crippen molar-refractivity contribution in [3.63, 3.8) is 0 Å². The highest BCUT2D eigenvalue weighted by atomic mass is 35.5. The fourth-order valence-electron chi connectivity index (χ4n) is 4.46. The number of benzene rings is 2. The summed E-state index contributed by atoms with van der Waals surface area (Å²) in [5.41, 5.74) is 5.41.